The van der Waals surface area contributed by atoms with E-state index in [1.807, 2.05) is 23.0 Å². The van der Waals surface area contributed by atoms with Crippen LogP contribution in [0.1, 0.15) is 63.6 Å². The summed E-state index contributed by atoms with van der Waals surface area (Å²) in [6.07, 6.45) is 11.2. The second-order valence-electron chi connectivity index (χ2n) is 11.5. The van der Waals surface area contributed by atoms with Crippen LogP contribution in [0.3, 0.4) is 0 Å². The van der Waals surface area contributed by atoms with Gasteiger partial charge in [0.2, 0.25) is 0 Å². The minimum absolute atomic E-state index is 0.113. The molecule has 2 aromatic rings. The normalized spacial score (nSPS) is 40.2. The van der Waals surface area contributed by atoms with E-state index in [0.29, 0.717) is 17.3 Å². The first kappa shape index (κ1) is 20.4. The van der Waals surface area contributed by atoms with Gasteiger partial charge in [-0.1, -0.05) is 13.8 Å². The maximum absolute atomic E-state index is 11.0. The van der Waals surface area contributed by atoms with Gasteiger partial charge in [0.1, 0.15) is 0 Å². The Morgan fingerprint density at radius 2 is 1.81 bits per heavy atom. The topological polar surface area (TPSA) is 81.2 Å². The summed E-state index contributed by atoms with van der Waals surface area (Å²) in [5, 5.41) is 26.5. The van der Waals surface area contributed by atoms with Crippen molar-refractivity contribution in [3.8, 4) is 5.69 Å². The van der Waals surface area contributed by atoms with Gasteiger partial charge in [0.05, 0.1) is 22.9 Å². The number of rotatable bonds is 2. The van der Waals surface area contributed by atoms with Crippen LogP contribution in [-0.4, -0.2) is 25.9 Å². The Morgan fingerprint density at radius 3 is 2.56 bits per heavy atom. The Balaban J connectivity index is 1.31. The lowest BCUT2D eigenvalue weighted by molar-refractivity contribution is -0.384. The van der Waals surface area contributed by atoms with Crippen molar-refractivity contribution in [2.24, 2.45) is 34.5 Å². The molecule has 1 aromatic carbocycles. The van der Waals surface area contributed by atoms with Crippen LogP contribution in [0.2, 0.25) is 0 Å². The minimum atomic E-state index is -0.356. The predicted octanol–water partition coefficient (Wildman–Crippen LogP) is 5.10. The van der Waals surface area contributed by atoms with Crippen molar-refractivity contribution in [3.63, 3.8) is 0 Å². The quantitative estimate of drug-likeness (QED) is 0.526. The van der Waals surface area contributed by atoms with E-state index >= 15 is 0 Å². The average molecular weight is 436 g/mol. The summed E-state index contributed by atoms with van der Waals surface area (Å²) < 4.78 is 2.01. The van der Waals surface area contributed by atoms with Crippen molar-refractivity contribution in [2.75, 3.05) is 0 Å². The first-order valence-electron chi connectivity index (χ1n) is 12.3. The van der Waals surface area contributed by atoms with Gasteiger partial charge in [-0.25, -0.2) is 4.68 Å². The van der Waals surface area contributed by atoms with Gasteiger partial charge in [-0.2, -0.15) is 5.10 Å². The van der Waals surface area contributed by atoms with Crippen LogP contribution in [0, 0.1) is 44.6 Å². The number of hydrogen-bond donors (Lipinski definition) is 1. The van der Waals surface area contributed by atoms with Gasteiger partial charge in [0.25, 0.3) is 5.69 Å². The summed E-state index contributed by atoms with van der Waals surface area (Å²) in [5.41, 5.74) is 4.09. The van der Waals surface area contributed by atoms with Gasteiger partial charge in [-0.3, -0.25) is 10.1 Å². The van der Waals surface area contributed by atoms with Gasteiger partial charge < -0.3 is 5.11 Å². The number of aliphatic hydroxyl groups excluding tert-OH is 1. The van der Waals surface area contributed by atoms with E-state index in [1.54, 1.807) is 12.1 Å². The lowest BCUT2D eigenvalue weighted by atomic mass is 9.45. The molecule has 3 saturated carbocycles. The molecule has 1 aromatic heterocycles. The molecule has 170 valence electrons. The molecule has 0 unspecified atom stereocenters. The zero-order valence-corrected chi connectivity index (χ0v) is 19.0. The van der Waals surface area contributed by atoms with E-state index in [0.717, 1.165) is 43.2 Å². The van der Waals surface area contributed by atoms with Crippen molar-refractivity contribution in [2.45, 2.75) is 71.3 Å². The van der Waals surface area contributed by atoms with Crippen molar-refractivity contribution in [1.29, 1.82) is 0 Å². The van der Waals surface area contributed by atoms with Gasteiger partial charge in [0, 0.05) is 17.8 Å². The second-order valence-corrected chi connectivity index (χ2v) is 11.5. The van der Waals surface area contributed by atoms with Crippen LogP contribution >= 0.6 is 0 Å². The number of fused-ring (bicyclic) bond motifs is 6. The molecule has 1 heterocycles. The zero-order valence-electron chi connectivity index (χ0n) is 19.0. The standard InChI is InChI=1S/C26H33N3O3/c1-25-12-11-22-20(21(25)9-10-24(25)30)8-3-17-13-23-16(14-26(17,22)2)15-27-28(23)18-4-6-19(7-5-18)29(31)32/h4-7,15,17,20-22,24,30H,3,8-14H2,1-2H3/t17-,20-,21-,22-,24-,25-,26-/m0/s1. The molecule has 4 aliphatic rings. The van der Waals surface area contributed by atoms with E-state index in [9.17, 15) is 15.2 Å². The molecule has 1 N–H and O–H groups in total. The molecule has 4 aliphatic carbocycles. The van der Waals surface area contributed by atoms with Crippen LogP contribution < -0.4 is 0 Å². The molecule has 0 saturated heterocycles. The molecule has 0 bridgehead atoms. The Hall–Kier alpha value is -2.21. The molecular weight excluding hydrogens is 402 g/mol. The second kappa shape index (κ2) is 6.89. The van der Waals surface area contributed by atoms with Crippen LogP contribution in [0.5, 0.6) is 0 Å². The third-order valence-electron chi connectivity index (χ3n) is 10.3. The summed E-state index contributed by atoms with van der Waals surface area (Å²) in [5.74, 6) is 2.82. The monoisotopic (exact) mass is 435 g/mol. The lowest BCUT2D eigenvalue weighted by Gasteiger charge is -2.60. The van der Waals surface area contributed by atoms with Crippen LogP contribution in [0.15, 0.2) is 30.5 Å². The van der Waals surface area contributed by atoms with Crippen LogP contribution in [0.25, 0.3) is 5.69 Å². The summed E-state index contributed by atoms with van der Waals surface area (Å²) >= 11 is 0. The fraction of sp³-hybridized carbons (Fsp3) is 0.654. The van der Waals surface area contributed by atoms with Crippen molar-refractivity contribution in [1.82, 2.24) is 9.78 Å². The number of hydrogen-bond acceptors (Lipinski definition) is 4. The number of nitro groups is 1. The molecule has 7 atom stereocenters. The summed E-state index contributed by atoms with van der Waals surface area (Å²) in [7, 11) is 0. The van der Waals surface area contributed by atoms with E-state index < -0.39 is 0 Å². The van der Waals surface area contributed by atoms with Crippen LogP contribution in [-0.2, 0) is 12.8 Å². The number of benzene rings is 1. The third kappa shape index (κ3) is 2.71. The molecule has 0 radical (unpaired) electrons. The molecule has 3 fully saturated rings. The van der Waals surface area contributed by atoms with Gasteiger partial charge in [-0.05, 0) is 104 Å². The first-order valence-corrected chi connectivity index (χ1v) is 12.3. The number of aromatic nitrogens is 2. The maximum atomic E-state index is 11.0. The molecule has 32 heavy (non-hydrogen) atoms. The zero-order chi connectivity index (χ0) is 22.3. The Kier molecular flexibility index (Phi) is 4.40. The summed E-state index contributed by atoms with van der Waals surface area (Å²) in [6, 6.07) is 6.75. The molecule has 6 rings (SSSR count). The average Bonchev–Trinajstić information content (AvgIpc) is 3.31. The van der Waals surface area contributed by atoms with Crippen molar-refractivity contribution >= 4 is 5.69 Å². The molecule has 0 aliphatic heterocycles. The molecule has 6 nitrogen and oxygen atoms in total. The lowest BCUT2D eigenvalue weighted by Crippen LogP contribution is -2.54. The minimum Gasteiger partial charge on any atom is -0.393 e. The van der Waals surface area contributed by atoms with Gasteiger partial charge >= 0.3 is 0 Å². The van der Waals surface area contributed by atoms with E-state index in [-0.39, 0.29) is 22.1 Å². The van der Waals surface area contributed by atoms with E-state index in [2.05, 4.69) is 13.8 Å². The van der Waals surface area contributed by atoms with Crippen molar-refractivity contribution < 1.29 is 10.0 Å². The highest BCUT2D eigenvalue weighted by Crippen LogP contribution is 2.65. The highest BCUT2D eigenvalue weighted by molar-refractivity contribution is 5.43. The summed E-state index contributed by atoms with van der Waals surface area (Å²) in [4.78, 5) is 10.7. The predicted molar refractivity (Wildman–Crippen MR) is 122 cm³/mol. The Labute approximate surface area is 189 Å². The number of aliphatic hydroxyl groups is 1. The van der Waals surface area contributed by atoms with Crippen molar-refractivity contribution in [3.05, 3.63) is 51.8 Å². The van der Waals surface area contributed by atoms with Gasteiger partial charge in [0.15, 0.2) is 0 Å². The summed E-state index contributed by atoms with van der Waals surface area (Å²) in [6.45, 7) is 4.89. The molecule has 6 heteroatoms. The SMILES string of the molecule is C[C@]12Cc3cnn(-c4ccc([N+](=O)[O-])cc4)c3C[C@@H]1CC[C@@H]1[C@@H]2CC[C@]2(C)[C@@H](O)CC[C@@H]12. The van der Waals surface area contributed by atoms with E-state index in [1.165, 1.54) is 36.9 Å². The number of non-ortho nitro benzene ring substituents is 1. The largest absolute Gasteiger partial charge is 0.393 e. The fourth-order valence-corrected chi connectivity index (χ4v) is 8.47. The number of nitrogens with zero attached hydrogens (tertiary/aromatic N) is 3. The Bertz CT molecular complexity index is 1060. The van der Waals surface area contributed by atoms with Gasteiger partial charge in [-0.15, -0.1) is 0 Å². The van der Waals surface area contributed by atoms with Crippen LogP contribution in [0.4, 0.5) is 5.69 Å². The smallest absolute Gasteiger partial charge is 0.269 e. The Morgan fingerprint density at radius 1 is 1.06 bits per heavy atom. The third-order valence-corrected chi connectivity index (χ3v) is 10.3. The highest BCUT2D eigenvalue weighted by Gasteiger charge is 2.60. The highest BCUT2D eigenvalue weighted by atomic mass is 16.6. The molecule has 0 amide bonds. The molecular formula is C26H33N3O3. The number of nitro benzene ring substituents is 1. The fourth-order valence-electron chi connectivity index (χ4n) is 8.47. The maximum Gasteiger partial charge on any atom is 0.269 e. The van der Waals surface area contributed by atoms with E-state index in [4.69, 9.17) is 5.10 Å². The molecule has 0 spiro atoms. The first-order chi connectivity index (χ1) is 15.3.